The molecule has 1 amide bonds. The number of hydrogen-bond donors (Lipinski definition) is 2. The van der Waals surface area contributed by atoms with Gasteiger partial charge in [0.2, 0.25) is 0 Å². The van der Waals surface area contributed by atoms with Crippen molar-refractivity contribution in [2.45, 2.75) is 18.9 Å². The third kappa shape index (κ3) is 5.27. The van der Waals surface area contributed by atoms with Gasteiger partial charge >= 0.3 is 0 Å². The van der Waals surface area contributed by atoms with Crippen LogP contribution in [0.4, 0.5) is 5.69 Å². The zero-order valence-electron chi connectivity index (χ0n) is 19.3. The molecule has 1 saturated heterocycles. The molecule has 0 bridgehead atoms. The van der Waals surface area contributed by atoms with E-state index in [0.717, 1.165) is 39.1 Å². The van der Waals surface area contributed by atoms with Crippen molar-refractivity contribution in [3.8, 4) is 0 Å². The van der Waals surface area contributed by atoms with Gasteiger partial charge in [-0.25, -0.2) is 0 Å². The monoisotopic (exact) mass is 443 g/mol. The van der Waals surface area contributed by atoms with Crippen molar-refractivity contribution in [1.29, 1.82) is 0 Å². The molecular formula is C28H33N3O2. The van der Waals surface area contributed by atoms with Crippen LogP contribution in [0.5, 0.6) is 0 Å². The first-order chi connectivity index (χ1) is 16.1. The van der Waals surface area contributed by atoms with E-state index in [1.807, 2.05) is 36.4 Å². The Morgan fingerprint density at radius 1 is 0.848 bits per heavy atom. The van der Waals surface area contributed by atoms with Gasteiger partial charge in [-0.2, -0.15) is 0 Å². The second-order valence-corrected chi connectivity index (χ2v) is 8.67. The van der Waals surface area contributed by atoms with Crippen LogP contribution in [0.2, 0.25) is 0 Å². The number of carbonyl (C=O) groups is 1. The second kappa shape index (κ2) is 10.6. The highest BCUT2D eigenvalue weighted by Gasteiger charge is 2.39. The minimum atomic E-state index is -1.71. The Bertz CT molecular complexity index is 992. The van der Waals surface area contributed by atoms with Gasteiger partial charge < -0.3 is 15.3 Å². The summed E-state index contributed by atoms with van der Waals surface area (Å²) in [7, 11) is 0. The van der Waals surface area contributed by atoms with E-state index in [-0.39, 0.29) is 5.91 Å². The van der Waals surface area contributed by atoms with Crippen LogP contribution < -0.4 is 10.2 Å². The number of amides is 1. The number of aryl methyl sites for hydroxylation is 1. The van der Waals surface area contributed by atoms with E-state index in [1.54, 1.807) is 24.3 Å². The second-order valence-electron chi connectivity index (χ2n) is 8.67. The fourth-order valence-electron chi connectivity index (χ4n) is 4.55. The maximum Gasteiger partial charge on any atom is 0.261 e. The summed E-state index contributed by atoms with van der Waals surface area (Å²) >= 11 is 0. The third-order valence-electron chi connectivity index (χ3n) is 6.48. The van der Waals surface area contributed by atoms with Crippen molar-refractivity contribution < 1.29 is 9.90 Å². The Kier molecular flexibility index (Phi) is 7.43. The van der Waals surface area contributed by atoms with E-state index in [4.69, 9.17) is 0 Å². The summed E-state index contributed by atoms with van der Waals surface area (Å²) in [6, 6.07) is 26.8. The Labute approximate surface area is 196 Å². The molecule has 0 aromatic heterocycles. The predicted octanol–water partition coefficient (Wildman–Crippen LogP) is 3.56. The third-order valence-corrected chi connectivity index (χ3v) is 6.48. The fraction of sp³-hybridized carbons (Fsp3) is 0.321. The highest BCUT2D eigenvalue weighted by Crippen LogP contribution is 2.29. The molecule has 0 spiro atoms. The van der Waals surface area contributed by atoms with Gasteiger partial charge in [-0.05, 0) is 42.6 Å². The number of para-hydroxylation sites is 1. The molecule has 5 nitrogen and oxygen atoms in total. The van der Waals surface area contributed by atoms with E-state index >= 15 is 0 Å². The van der Waals surface area contributed by atoms with Gasteiger partial charge in [-0.1, -0.05) is 78.9 Å². The van der Waals surface area contributed by atoms with Gasteiger partial charge in [0.1, 0.15) is 0 Å². The number of piperazine rings is 1. The Morgan fingerprint density at radius 2 is 1.39 bits per heavy atom. The molecule has 3 aromatic rings. The summed E-state index contributed by atoms with van der Waals surface area (Å²) in [6.07, 6.45) is 0.843. The highest BCUT2D eigenvalue weighted by molar-refractivity contribution is 5.90. The van der Waals surface area contributed by atoms with Crippen LogP contribution in [0, 0.1) is 6.92 Å². The first-order valence-electron chi connectivity index (χ1n) is 11.7. The molecule has 0 unspecified atom stereocenters. The molecule has 1 aliphatic heterocycles. The summed E-state index contributed by atoms with van der Waals surface area (Å²) in [5.74, 6) is -0.385. The fourth-order valence-corrected chi connectivity index (χ4v) is 4.55. The maximum atomic E-state index is 13.2. The molecule has 1 aliphatic rings. The lowest BCUT2D eigenvalue weighted by Crippen LogP contribution is -2.48. The maximum absolute atomic E-state index is 13.2. The standard InChI is InChI=1S/C28H33N3O2/c1-23-11-8-9-16-26(23)31-21-19-30(20-22-31)18-10-17-29-27(32)28(33,24-12-4-2-5-13-24)25-14-6-3-7-15-25/h2-9,11-16,33H,10,17-22H2,1H3,(H,29,32). The van der Waals surface area contributed by atoms with Gasteiger partial charge in [0, 0.05) is 38.4 Å². The lowest BCUT2D eigenvalue weighted by molar-refractivity contribution is -0.136. The quantitative estimate of drug-likeness (QED) is 0.523. The lowest BCUT2D eigenvalue weighted by Gasteiger charge is -2.37. The summed E-state index contributed by atoms with van der Waals surface area (Å²) in [5, 5.41) is 14.5. The van der Waals surface area contributed by atoms with E-state index < -0.39 is 5.60 Å². The predicted molar refractivity (Wildman–Crippen MR) is 133 cm³/mol. The molecule has 172 valence electrons. The molecule has 33 heavy (non-hydrogen) atoms. The Balaban J connectivity index is 1.29. The molecule has 3 aromatic carbocycles. The molecule has 0 atom stereocenters. The Morgan fingerprint density at radius 3 is 1.97 bits per heavy atom. The molecule has 0 saturated carbocycles. The number of nitrogens with one attached hydrogen (secondary N) is 1. The number of rotatable bonds is 8. The molecule has 1 fully saturated rings. The van der Waals surface area contributed by atoms with E-state index in [1.165, 1.54) is 11.3 Å². The summed E-state index contributed by atoms with van der Waals surface area (Å²) in [6.45, 7) is 7.67. The Hall–Kier alpha value is -3.15. The van der Waals surface area contributed by atoms with Crippen molar-refractivity contribution in [2.24, 2.45) is 0 Å². The van der Waals surface area contributed by atoms with Gasteiger partial charge in [-0.3, -0.25) is 9.69 Å². The van der Waals surface area contributed by atoms with Crippen LogP contribution >= 0.6 is 0 Å². The zero-order valence-corrected chi connectivity index (χ0v) is 19.3. The van der Waals surface area contributed by atoms with E-state index in [2.05, 4.69) is 46.3 Å². The number of anilines is 1. The van der Waals surface area contributed by atoms with Crippen molar-refractivity contribution in [3.63, 3.8) is 0 Å². The summed E-state index contributed by atoms with van der Waals surface area (Å²) in [4.78, 5) is 18.1. The van der Waals surface area contributed by atoms with Crippen molar-refractivity contribution >= 4 is 11.6 Å². The first kappa shape index (κ1) is 23.0. The average Bonchev–Trinajstić information content (AvgIpc) is 2.88. The van der Waals surface area contributed by atoms with E-state index in [0.29, 0.717) is 17.7 Å². The van der Waals surface area contributed by atoms with Gasteiger partial charge in [0.15, 0.2) is 5.60 Å². The van der Waals surface area contributed by atoms with Crippen LogP contribution in [-0.4, -0.2) is 55.2 Å². The van der Waals surface area contributed by atoms with Crippen LogP contribution in [0.3, 0.4) is 0 Å². The smallest absolute Gasteiger partial charge is 0.261 e. The number of carbonyl (C=O) groups excluding carboxylic acids is 1. The number of nitrogens with zero attached hydrogens (tertiary/aromatic N) is 2. The molecule has 4 rings (SSSR count). The number of hydrogen-bond acceptors (Lipinski definition) is 4. The minimum Gasteiger partial charge on any atom is -0.372 e. The van der Waals surface area contributed by atoms with Gasteiger partial charge in [0.05, 0.1) is 0 Å². The molecule has 1 heterocycles. The van der Waals surface area contributed by atoms with Crippen LogP contribution in [0.1, 0.15) is 23.1 Å². The van der Waals surface area contributed by atoms with Gasteiger partial charge in [-0.15, -0.1) is 0 Å². The zero-order chi connectivity index (χ0) is 23.1. The largest absolute Gasteiger partial charge is 0.372 e. The van der Waals surface area contributed by atoms with Crippen LogP contribution in [-0.2, 0) is 10.4 Å². The van der Waals surface area contributed by atoms with Crippen LogP contribution in [0.15, 0.2) is 84.9 Å². The number of benzene rings is 3. The van der Waals surface area contributed by atoms with Crippen molar-refractivity contribution in [1.82, 2.24) is 10.2 Å². The van der Waals surface area contributed by atoms with Gasteiger partial charge in [0.25, 0.3) is 5.91 Å². The highest BCUT2D eigenvalue weighted by atomic mass is 16.3. The molecule has 2 N–H and O–H groups in total. The molecule has 5 heteroatoms. The first-order valence-corrected chi connectivity index (χ1v) is 11.7. The summed E-state index contributed by atoms with van der Waals surface area (Å²) in [5.41, 5.74) is 2.08. The van der Waals surface area contributed by atoms with Crippen molar-refractivity contribution in [2.75, 3.05) is 44.2 Å². The normalized spacial score (nSPS) is 14.8. The molecule has 0 aliphatic carbocycles. The molecule has 0 radical (unpaired) electrons. The number of aliphatic hydroxyl groups is 1. The summed E-state index contributed by atoms with van der Waals surface area (Å²) < 4.78 is 0. The molecular weight excluding hydrogens is 410 g/mol. The van der Waals surface area contributed by atoms with Crippen molar-refractivity contribution in [3.05, 3.63) is 102 Å². The average molecular weight is 444 g/mol. The lowest BCUT2D eigenvalue weighted by atomic mass is 9.85. The topological polar surface area (TPSA) is 55.8 Å². The van der Waals surface area contributed by atoms with Crippen LogP contribution in [0.25, 0.3) is 0 Å². The van der Waals surface area contributed by atoms with E-state index in [9.17, 15) is 9.90 Å². The SMILES string of the molecule is Cc1ccccc1N1CCN(CCCNC(=O)C(O)(c2ccccc2)c2ccccc2)CC1. The minimum absolute atomic E-state index is 0.385.